The van der Waals surface area contributed by atoms with Crippen LogP contribution in [0.25, 0.3) is 10.7 Å². The molecule has 1 unspecified atom stereocenters. The average Bonchev–Trinajstić information content (AvgIpc) is 3.21. The van der Waals surface area contributed by atoms with Gasteiger partial charge in [-0.15, -0.1) is 11.3 Å². The van der Waals surface area contributed by atoms with Crippen molar-refractivity contribution in [2.75, 3.05) is 0 Å². The smallest absolute Gasteiger partial charge is 0.408 e. The molecule has 3 aromatic rings. The monoisotopic (exact) mass is 438 g/mol. The summed E-state index contributed by atoms with van der Waals surface area (Å²) in [6.45, 7) is 5.59. The van der Waals surface area contributed by atoms with Crippen molar-refractivity contribution in [1.29, 1.82) is 0 Å². The summed E-state index contributed by atoms with van der Waals surface area (Å²) in [4.78, 5) is 34.0. The Morgan fingerprint density at radius 1 is 1.10 bits per heavy atom. The molecule has 0 fully saturated rings. The van der Waals surface area contributed by atoms with Crippen LogP contribution in [0.5, 0.6) is 0 Å². The Morgan fingerprint density at radius 2 is 1.84 bits per heavy atom. The summed E-state index contributed by atoms with van der Waals surface area (Å²) in [7, 11) is 0. The van der Waals surface area contributed by atoms with Crippen molar-refractivity contribution in [3.8, 4) is 10.7 Å². The first-order valence-corrected chi connectivity index (χ1v) is 10.8. The number of nitrogens with one attached hydrogen (secondary N) is 2. The largest absolute Gasteiger partial charge is 0.444 e. The van der Waals surface area contributed by atoms with Crippen molar-refractivity contribution < 1.29 is 14.3 Å². The molecule has 0 saturated heterocycles. The maximum absolute atomic E-state index is 12.9. The molecule has 7 nitrogen and oxygen atoms in total. The van der Waals surface area contributed by atoms with Gasteiger partial charge in [-0.2, -0.15) is 0 Å². The minimum Gasteiger partial charge on any atom is -0.444 e. The molecule has 2 aromatic heterocycles. The maximum atomic E-state index is 12.9. The zero-order chi connectivity index (χ0) is 22.3. The van der Waals surface area contributed by atoms with E-state index in [-0.39, 0.29) is 12.5 Å². The quantitative estimate of drug-likeness (QED) is 0.582. The molecule has 0 spiro atoms. The van der Waals surface area contributed by atoms with Crippen molar-refractivity contribution in [3.63, 3.8) is 0 Å². The molecule has 0 aliphatic heterocycles. The molecule has 0 bridgehead atoms. The zero-order valence-electron chi connectivity index (χ0n) is 17.8. The summed E-state index contributed by atoms with van der Waals surface area (Å²) in [6, 6.07) is 14.4. The molecular weight excluding hydrogens is 412 g/mol. The summed E-state index contributed by atoms with van der Waals surface area (Å²) in [5, 5.41) is 8.23. The highest BCUT2D eigenvalue weighted by Crippen LogP contribution is 2.21. The number of thiazole rings is 1. The fourth-order valence-corrected chi connectivity index (χ4v) is 3.60. The second-order valence-corrected chi connectivity index (χ2v) is 8.82. The van der Waals surface area contributed by atoms with Gasteiger partial charge in [-0.05, 0) is 38.5 Å². The van der Waals surface area contributed by atoms with Crippen molar-refractivity contribution >= 4 is 23.3 Å². The van der Waals surface area contributed by atoms with E-state index in [1.54, 1.807) is 27.0 Å². The first kappa shape index (κ1) is 22.4. The number of pyridine rings is 1. The van der Waals surface area contributed by atoms with Gasteiger partial charge in [0.15, 0.2) is 0 Å². The standard InChI is InChI=1S/C23H26N4O3S/c1-23(2,3)30-22(29)27-19(13-16-9-5-4-6-10-16)20(28)25-14-17-15-31-21(26-17)18-11-7-8-12-24-18/h4-12,15,19H,13-14H2,1-3H3,(H,25,28)(H,27,29). The van der Waals surface area contributed by atoms with Crippen molar-refractivity contribution in [2.24, 2.45) is 0 Å². The Balaban J connectivity index is 1.65. The normalized spacial score (nSPS) is 12.1. The second kappa shape index (κ2) is 10.2. The van der Waals surface area contributed by atoms with Crippen LogP contribution in [-0.2, 0) is 22.5 Å². The molecule has 2 amide bonds. The number of hydrogen-bond donors (Lipinski definition) is 2. The Hall–Kier alpha value is -3.26. The first-order chi connectivity index (χ1) is 14.8. The van der Waals surface area contributed by atoms with E-state index in [4.69, 9.17) is 4.74 Å². The first-order valence-electron chi connectivity index (χ1n) is 9.97. The SMILES string of the molecule is CC(C)(C)OC(=O)NC(Cc1ccccc1)C(=O)NCc1csc(-c2ccccn2)n1. The van der Waals surface area contributed by atoms with Crippen LogP contribution in [0.2, 0.25) is 0 Å². The lowest BCUT2D eigenvalue weighted by Crippen LogP contribution is -2.49. The molecule has 0 radical (unpaired) electrons. The Bertz CT molecular complexity index is 1000. The van der Waals surface area contributed by atoms with Gasteiger partial charge in [0.05, 0.1) is 17.9 Å². The van der Waals surface area contributed by atoms with Crippen LogP contribution in [0.4, 0.5) is 4.79 Å². The van der Waals surface area contributed by atoms with Crippen LogP contribution in [0, 0.1) is 0 Å². The third-order valence-corrected chi connectivity index (χ3v) is 5.08. The van der Waals surface area contributed by atoms with Crippen LogP contribution in [0.3, 0.4) is 0 Å². The van der Waals surface area contributed by atoms with Crippen LogP contribution < -0.4 is 10.6 Å². The molecule has 1 atom stereocenters. The average molecular weight is 439 g/mol. The van der Waals surface area contributed by atoms with E-state index >= 15 is 0 Å². The highest BCUT2D eigenvalue weighted by atomic mass is 32.1. The summed E-state index contributed by atoms with van der Waals surface area (Å²) in [5.41, 5.74) is 1.80. The van der Waals surface area contributed by atoms with E-state index in [0.29, 0.717) is 6.42 Å². The predicted octanol–water partition coefficient (Wildman–Crippen LogP) is 3.96. The van der Waals surface area contributed by atoms with Crippen LogP contribution in [0.1, 0.15) is 32.0 Å². The maximum Gasteiger partial charge on any atom is 0.408 e. The fourth-order valence-electron chi connectivity index (χ4n) is 2.80. The Labute approximate surface area is 185 Å². The van der Waals surface area contributed by atoms with Gasteiger partial charge in [-0.3, -0.25) is 9.78 Å². The number of alkyl carbamates (subject to hydrolysis) is 1. The van der Waals surface area contributed by atoms with E-state index in [9.17, 15) is 9.59 Å². The van der Waals surface area contributed by atoms with Crippen molar-refractivity contribution in [3.05, 3.63) is 71.4 Å². The Morgan fingerprint density at radius 3 is 2.52 bits per heavy atom. The van der Waals surface area contributed by atoms with Gasteiger partial charge in [0.25, 0.3) is 0 Å². The second-order valence-electron chi connectivity index (χ2n) is 7.97. The number of ether oxygens (including phenoxy) is 1. The zero-order valence-corrected chi connectivity index (χ0v) is 18.6. The summed E-state index contributed by atoms with van der Waals surface area (Å²) in [5.74, 6) is -0.304. The highest BCUT2D eigenvalue weighted by Gasteiger charge is 2.24. The lowest BCUT2D eigenvalue weighted by molar-refractivity contribution is -0.123. The third-order valence-electron chi connectivity index (χ3n) is 4.17. The molecule has 0 aliphatic rings. The molecule has 8 heteroatoms. The molecule has 162 valence electrons. The number of hydrogen-bond acceptors (Lipinski definition) is 6. The van der Waals surface area contributed by atoms with Crippen LogP contribution in [0.15, 0.2) is 60.1 Å². The fraction of sp³-hybridized carbons (Fsp3) is 0.304. The number of carbonyl (C=O) groups is 2. The Kier molecular flexibility index (Phi) is 7.36. The van der Waals surface area contributed by atoms with Crippen LogP contribution >= 0.6 is 11.3 Å². The number of aromatic nitrogens is 2. The third kappa shape index (κ3) is 7.18. The van der Waals surface area contributed by atoms with Gasteiger partial charge >= 0.3 is 6.09 Å². The summed E-state index contributed by atoms with van der Waals surface area (Å²) in [6.07, 6.45) is 1.44. The topological polar surface area (TPSA) is 93.2 Å². The van der Waals surface area contributed by atoms with Crippen LogP contribution in [-0.4, -0.2) is 33.6 Å². The van der Waals surface area contributed by atoms with E-state index in [2.05, 4.69) is 20.6 Å². The van der Waals surface area contributed by atoms with Gasteiger partial charge in [0.2, 0.25) is 5.91 Å². The summed E-state index contributed by atoms with van der Waals surface area (Å²) < 4.78 is 5.32. The van der Waals surface area contributed by atoms with Gasteiger partial charge < -0.3 is 15.4 Å². The number of benzene rings is 1. The predicted molar refractivity (Wildman–Crippen MR) is 120 cm³/mol. The molecule has 0 saturated carbocycles. The molecule has 2 N–H and O–H groups in total. The van der Waals surface area contributed by atoms with E-state index in [1.165, 1.54) is 11.3 Å². The lowest BCUT2D eigenvalue weighted by Gasteiger charge is -2.23. The van der Waals surface area contributed by atoms with E-state index in [1.807, 2.05) is 53.9 Å². The van der Waals surface area contributed by atoms with E-state index < -0.39 is 17.7 Å². The highest BCUT2D eigenvalue weighted by molar-refractivity contribution is 7.13. The molecule has 0 aliphatic carbocycles. The molecule has 2 heterocycles. The van der Waals surface area contributed by atoms with Crippen molar-refractivity contribution in [1.82, 2.24) is 20.6 Å². The van der Waals surface area contributed by atoms with Crippen molar-refractivity contribution in [2.45, 2.75) is 45.4 Å². The number of carbonyl (C=O) groups excluding carboxylic acids is 2. The summed E-state index contributed by atoms with van der Waals surface area (Å²) >= 11 is 1.47. The lowest BCUT2D eigenvalue weighted by atomic mass is 10.1. The van der Waals surface area contributed by atoms with Gasteiger partial charge in [0.1, 0.15) is 16.7 Å². The number of amides is 2. The van der Waals surface area contributed by atoms with Gasteiger partial charge in [-0.25, -0.2) is 9.78 Å². The molecule has 3 rings (SSSR count). The molecular formula is C23H26N4O3S. The van der Waals surface area contributed by atoms with E-state index in [0.717, 1.165) is 22.0 Å². The van der Waals surface area contributed by atoms with Gasteiger partial charge in [0, 0.05) is 18.0 Å². The number of nitrogens with zero attached hydrogens (tertiary/aromatic N) is 2. The molecule has 31 heavy (non-hydrogen) atoms. The minimum absolute atomic E-state index is 0.253. The minimum atomic E-state index is -0.772. The number of rotatable bonds is 7. The van der Waals surface area contributed by atoms with Gasteiger partial charge in [-0.1, -0.05) is 36.4 Å². The molecule has 1 aromatic carbocycles.